The third kappa shape index (κ3) is 0.580. The molecule has 1 aromatic carbocycles. The van der Waals surface area contributed by atoms with Gasteiger partial charge in [0.05, 0.1) is 17.2 Å². The van der Waals surface area contributed by atoms with E-state index in [1.165, 1.54) is 5.39 Å². The molecule has 0 saturated heterocycles. The van der Waals surface area contributed by atoms with Crippen LogP contribution in [0.2, 0.25) is 0 Å². The van der Waals surface area contributed by atoms with Gasteiger partial charge >= 0.3 is 0 Å². The Balaban J connectivity index is 2.71. The molecule has 0 unspecified atom stereocenters. The van der Waals surface area contributed by atoms with Crippen LogP contribution in [0.4, 0.5) is 0 Å². The summed E-state index contributed by atoms with van der Waals surface area (Å²) in [5.74, 6) is 0. The summed E-state index contributed by atoms with van der Waals surface area (Å²) in [5.41, 5.74) is 2.21. The fraction of sp³-hybridized carbons (Fsp3) is 0. The zero-order valence-corrected chi connectivity index (χ0v) is 6.33. The minimum absolute atomic E-state index is 1.08. The molecular weight excluding hydrogens is 150 g/mol. The van der Waals surface area contributed by atoms with Crippen molar-refractivity contribution in [2.24, 2.45) is 0 Å². The van der Waals surface area contributed by atoms with E-state index < -0.39 is 0 Å². The smallest absolute Gasteiger partial charge is 0.0891 e. The molecule has 3 aromatic rings. The van der Waals surface area contributed by atoms with Crippen LogP contribution in [0.3, 0.4) is 0 Å². The SMILES string of the molecule is c1cc2ccc3cn[nH]c3c2[nH]1. The highest BCUT2D eigenvalue weighted by atomic mass is 15.1. The largest absolute Gasteiger partial charge is 0.359 e. The molecule has 0 aliphatic rings. The van der Waals surface area contributed by atoms with E-state index in [0.29, 0.717) is 0 Å². The van der Waals surface area contributed by atoms with Gasteiger partial charge in [0.15, 0.2) is 0 Å². The molecule has 3 heteroatoms. The second-order valence-corrected chi connectivity index (χ2v) is 2.84. The Labute approximate surface area is 68.4 Å². The average molecular weight is 157 g/mol. The minimum atomic E-state index is 1.08. The van der Waals surface area contributed by atoms with Crippen LogP contribution in [0.5, 0.6) is 0 Å². The van der Waals surface area contributed by atoms with Gasteiger partial charge < -0.3 is 4.98 Å². The minimum Gasteiger partial charge on any atom is -0.359 e. The molecule has 0 aliphatic heterocycles. The molecule has 0 atom stereocenters. The van der Waals surface area contributed by atoms with E-state index in [-0.39, 0.29) is 0 Å². The van der Waals surface area contributed by atoms with E-state index in [1.807, 2.05) is 12.4 Å². The van der Waals surface area contributed by atoms with Gasteiger partial charge in [0.2, 0.25) is 0 Å². The van der Waals surface area contributed by atoms with Crippen LogP contribution < -0.4 is 0 Å². The van der Waals surface area contributed by atoms with E-state index in [4.69, 9.17) is 0 Å². The Hall–Kier alpha value is -1.77. The van der Waals surface area contributed by atoms with Crippen LogP contribution >= 0.6 is 0 Å². The van der Waals surface area contributed by atoms with Crippen molar-refractivity contribution in [2.45, 2.75) is 0 Å². The van der Waals surface area contributed by atoms with Crippen molar-refractivity contribution in [1.29, 1.82) is 0 Å². The average Bonchev–Trinajstić information content (AvgIpc) is 2.71. The van der Waals surface area contributed by atoms with Crippen molar-refractivity contribution < 1.29 is 0 Å². The van der Waals surface area contributed by atoms with E-state index in [0.717, 1.165) is 16.4 Å². The summed E-state index contributed by atoms with van der Waals surface area (Å²) in [6.45, 7) is 0. The predicted octanol–water partition coefficient (Wildman–Crippen LogP) is 2.04. The lowest BCUT2D eigenvalue weighted by atomic mass is 10.2. The van der Waals surface area contributed by atoms with Crippen LogP contribution in [-0.4, -0.2) is 15.2 Å². The summed E-state index contributed by atoms with van der Waals surface area (Å²) in [5, 5.41) is 9.31. The summed E-state index contributed by atoms with van der Waals surface area (Å²) in [7, 11) is 0. The lowest BCUT2D eigenvalue weighted by Gasteiger charge is -1.90. The molecule has 0 bridgehead atoms. The highest BCUT2D eigenvalue weighted by Gasteiger charge is 2.00. The lowest BCUT2D eigenvalue weighted by Crippen LogP contribution is -1.71. The van der Waals surface area contributed by atoms with Gasteiger partial charge in [-0.25, -0.2) is 0 Å². The molecule has 2 aromatic heterocycles. The topological polar surface area (TPSA) is 44.5 Å². The Morgan fingerprint density at radius 1 is 1.00 bits per heavy atom. The highest BCUT2D eigenvalue weighted by molar-refractivity contribution is 6.02. The summed E-state index contributed by atoms with van der Waals surface area (Å²) < 4.78 is 0. The maximum Gasteiger partial charge on any atom is 0.0891 e. The zero-order valence-electron chi connectivity index (χ0n) is 6.33. The molecule has 0 amide bonds. The molecular formula is C9H7N3. The molecule has 58 valence electrons. The quantitative estimate of drug-likeness (QED) is 0.515. The molecule has 0 fully saturated rings. The molecule has 2 heterocycles. The van der Waals surface area contributed by atoms with Crippen molar-refractivity contribution in [1.82, 2.24) is 15.2 Å². The molecule has 2 N–H and O–H groups in total. The maximum atomic E-state index is 3.99. The highest BCUT2D eigenvalue weighted by Crippen LogP contribution is 2.21. The van der Waals surface area contributed by atoms with Crippen LogP contribution in [0.1, 0.15) is 0 Å². The number of aromatic nitrogens is 3. The summed E-state index contributed by atoms with van der Waals surface area (Å²) in [6, 6.07) is 6.20. The standard InChI is InChI=1S/C9H7N3/c1-2-7-5-11-12-9(7)8-6(1)3-4-10-8/h1-5,10H,(H,11,12). The fourth-order valence-corrected chi connectivity index (χ4v) is 1.54. The number of aromatic amines is 2. The van der Waals surface area contributed by atoms with Gasteiger partial charge in [0, 0.05) is 17.0 Å². The Morgan fingerprint density at radius 3 is 2.92 bits per heavy atom. The van der Waals surface area contributed by atoms with Crippen molar-refractivity contribution in [2.75, 3.05) is 0 Å². The second kappa shape index (κ2) is 1.88. The van der Waals surface area contributed by atoms with Crippen molar-refractivity contribution in [3.05, 3.63) is 30.6 Å². The van der Waals surface area contributed by atoms with Crippen molar-refractivity contribution >= 4 is 21.8 Å². The zero-order chi connectivity index (χ0) is 7.97. The number of H-pyrrole nitrogens is 2. The van der Waals surface area contributed by atoms with E-state index in [1.54, 1.807) is 0 Å². The van der Waals surface area contributed by atoms with Crippen molar-refractivity contribution in [3.8, 4) is 0 Å². The van der Waals surface area contributed by atoms with Gasteiger partial charge in [0.25, 0.3) is 0 Å². The maximum absolute atomic E-state index is 3.99. The number of fused-ring (bicyclic) bond motifs is 3. The molecule has 3 rings (SSSR count). The monoisotopic (exact) mass is 157 g/mol. The number of hydrogen-bond acceptors (Lipinski definition) is 1. The normalized spacial score (nSPS) is 11.3. The molecule has 0 aliphatic carbocycles. The number of hydrogen-bond donors (Lipinski definition) is 2. The van der Waals surface area contributed by atoms with Gasteiger partial charge in [-0.1, -0.05) is 12.1 Å². The molecule has 0 saturated carbocycles. The number of nitrogens with zero attached hydrogens (tertiary/aromatic N) is 1. The van der Waals surface area contributed by atoms with Crippen LogP contribution in [-0.2, 0) is 0 Å². The van der Waals surface area contributed by atoms with E-state index in [2.05, 4.69) is 33.4 Å². The van der Waals surface area contributed by atoms with Gasteiger partial charge in [-0.2, -0.15) is 5.10 Å². The van der Waals surface area contributed by atoms with Crippen LogP contribution in [0.15, 0.2) is 30.6 Å². The Bertz CT molecular complexity index is 483. The third-order valence-electron chi connectivity index (χ3n) is 2.14. The van der Waals surface area contributed by atoms with E-state index >= 15 is 0 Å². The Kier molecular flexibility index (Phi) is 0.913. The summed E-state index contributed by atoms with van der Waals surface area (Å²) in [6.07, 6.45) is 3.76. The lowest BCUT2D eigenvalue weighted by molar-refractivity contribution is 1.12. The van der Waals surface area contributed by atoms with Gasteiger partial charge in [0.1, 0.15) is 0 Å². The summed E-state index contributed by atoms with van der Waals surface area (Å²) >= 11 is 0. The first-order chi connectivity index (χ1) is 5.95. The molecule has 0 radical (unpaired) electrons. The fourth-order valence-electron chi connectivity index (χ4n) is 1.54. The first kappa shape index (κ1) is 5.83. The second-order valence-electron chi connectivity index (χ2n) is 2.84. The third-order valence-corrected chi connectivity index (χ3v) is 2.14. The van der Waals surface area contributed by atoms with Crippen molar-refractivity contribution in [3.63, 3.8) is 0 Å². The predicted molar refractivity (Wildman–Crippen MR) is 48.0 cm³/mol. The first-order valence-corrected chi connectivity index (χ1v) is 3.84. The van der Waals surface area contributed by atoms with Gasteiger partial charge in [-0.05, 0) is 6.07 Å². The first-order valence-electron chi connectivity index (χ1n) is 3.84. The number of benzene rings is 1. The van der Waals surface area contributed by atoms with Crippen LogP contribution in [0.25, 0.3) is 21.8 Å². The van der Waals surface area contributed by atoms with E-state index in [9.17, 15) is 0 Å². The molecule has 0 spiro atoms. The number of nitrogens with one attached hydrogen (secondary N) is 2. The molecule has 3 nitrogen and oxygen atoms in total. The number of rotatable bonds is 0. The summed E-state index contributed by atoms with van der Waals surface area (Å²) in [4.78, 5) is 3.18. The van der Waals surface area contributed by atoms with Crippen LogP contribution in [0, 0.1) is 0 Å². The molecule has 12 heavy (non-hydrogen) atoms. The Morgan fingerprint density at radius 2 is 1.92 bits per heavy atom. The van der Waals surface area contributed by atoms with Gasteiger partial charge in [-0.15, -0.1) is 0 Å². The van der Waals surface area contributed by atoms with Gasteiger partial charge in [-0.3, -0.25) is 5.10 Å².